The third kappa shape index (κ3) is 4.89. The van der Waals surface area contributed by atoms with E-state index in [0.717, 1.165) is 4.68 Å². The fourth-order valence-corrected chi connectivity index (χ4v) is 3.17. The lowest BCUT2D eigenvalue weighted by molar-refractivity contribution is 0.265. The molecule has 0 atom stereocenters. The Balaban J connectivity index is 1.98. The van der Waals surface area contributed by atoms with E-state index < -0.39 is 5.82 Å². The number of aliphatic hydroxyl groups is 1. The third-order valence-corrected chi connectivity index (χ3v) is 4.70. The van der Waals surface area contributed by atoms with Crippen LogP contribution in [-0.4, -0.2) is 21.5 Å². The molecule has 3 rings (SSSR count). The summed E-state index contributed by atoms with van der Waals surface area (Å²) in [4.78, 5) is 12.1. The monoisotopic (exact) mass is 438 g/mol. The van der Waals surface area contributed by atoms with Crippen LogP contribution in [0.5, 0.6) is 11.5 Å². The predicted octanol–water partition coefficient (Wildman–Crippen LogP) is 3.46. The van der Waals surface area contributed by atoms with Gasteiger partial charge in [-0.15, -0.1) is 0 Å². The van der Waals surface area contributed by atoms with Gasteiger partial charge in [0.05, 0.1) is 47.1 Å². The van der Waals surface area contributed by atoms with E-state index in [1.165, 1.54) is 30.3 Å². The highest BCUT2D eigenvalue weighted by atomic mass is 35.5. The van der Waals surface area contributed by atoms with Gasteiger partial charge in [-0.1, -0.05) is 17.7 Å². The number of aryl methyl sites for hydroxylation is 1. The zero-order valence-electron chi connectivity index (χ0n) is 16.4. The number of rotatable bonds is 6. The SMILES string of the molecule is Cc1cc(Cc2ccc(Cl)c(Oc3cc(C#N)cc(C#N)c3)c2F)nn(CCO)c1=O. The number of halogens is 2. The molecule has 0 amide bonds. The quantitative estimate of drug-likeness (QED) is 0.630. The lowest BCUT2D eigenvalue weighted by Gasteiger charge is -2.13. The van der Waals surface area contributed by atoms with Crippen LogP contribution in [-0.2, 0) is 13.0 Å². The van der Waals surface area contributed by atoms with Crippen molar-refractivity contribution in [3.8, 4) is 23.6 Å². The summed E-state index contributed by atoms with van der Waals surface area (Å²) >= 11 is 6.13. The molecule has 0 aliphatic rings. The summed E-state index contributed by atoms with van der Waals surface area (Å²) in [6.45, 7) is 1.39. The molecule has 31 heavy (non-hydrogen) atoms. The normalized spacial score (nSPS) is 10.4. The topological polar surface area (TPSA) is 112 Å². The minimum absolute atomic E-state index is 0.0107. The summed E-state index contributed by atoms with van der Waals surface area (Å²) in [7, 11) is 0. The van der Waals surface area contributed by atoms with Gasteiger partial charge in [0.1, 0.15) is 5.75 Å². The summed E-state index contributed by atoms with van der Waals surface area (Å²) < 4.78 is 21.9. The molecule has 0 bridgehead atoms. The molecule has 0 radical (unpaired) electrons. The van der Waals surface area contributed by atoms with Gasteiger partial charge in [-0.05, 0) is 42.8 Å². The molecule has 0 saturated carbocycles. The molecule has 0 aliphatic carbocycles. The van der Waals surface area contributed by atoms with Gasteiger partial charge < -0.3 is 9.84 Å². The predicted molar refractivity (Wildman–Crippen MR) is 110 cm³/mol. The van der Waals surface area contributed by atoms with Crippen molar-refractivity contribution in [3.63, 3.8) is 0 Å². The molecule has 156 valence electrons. The second-order valence-electron chi connectivity index (χ2n) is 6.67. The largest absolute Gasteiger partial charge is 0.453 e. The third-order valence-electron chi connectivity index (χ3n) is 4.40. The molecule has 2 aromatic carbocycles. The molecule has 0 saturated heterocycles. The fraction of sp³-hybridized carbons (Fsp3) is 0.182. The summed E-state index contributed by atoms with van der Waals surface area (Å²) in [6, 6.07) is 12.5. The van der Waals surface area contributed by atoms with Crippen molar-refractivity contribution in [1.29, 1.82) is 10.5 Å². The Morgan fingerprint density at radius 1 is 1.19 bits per heavy atom. The van der Waals surface area contributed by atoms with Crippen LogP contribution < -0.4 is 10.3 Å². The van der Waals surface area contributed by atoms with E-state index in [1.807, 2.05) is 12.1 Å². The molecule has 9 heteroatoms. The van der Waals surface area contributed by atoms with Crippen molar-refractivity contribution in [1.82, 2.24) is 9.78 Å². The van der Waals surface area contributed by atoms with Gasteiger partial charge in [-0.2, -0.15) is 15.6 Å². The highest BCUT2D eigenvalue weighted by Crippen LogP contribution is 2.35. The van der Waals surface area contributed by atoms with E-state index in [-0.39, 0.29) is 58.3 Å². The van der Waals surface area contributed by atoms with Gasteiger partial charge in [0, 0.05) is 12.0 Å². The van der Waals surface area contributed by atoms with Crippen molar-refractivity contribution in [3.05, 3.63) is 85.5 Å². The van der Waals surface area contributed by atoms with Crippen LogP contribution in [0.25, 0.3) is 0 Å². The Kier molecular flexibility index (Phi) is 6.66. The molecular weight excluding hydrogens is 423 g/mol. The first-order valence-electron chi connectivity index (χ1n) is 9.14. The van der Waals surface area contributed by atoms with Crippen molar-refractivity contribution in [2.45, 2.75) is 19.9 Å². The molecule has 0 fully saturated rings. The van der Waals surface area contributed by atoms with Gasteiger partial charge in [0.25, 0.3) is 5.56 Å². The van der Waals surface area contributed by atoms with Gasteiger partial charge in [-0.25, -0.2) is 9.07 Å². The Morgan fingerprint density at radius 3 is 2.48 bits per heavy atom. The Hall–Kier alpha value is -3.72. The van der Waals surface area contributed by atoms with E-state index in [2.05, 4.69) is 5.10 Å². The number of nitrogens with zero attached hydrogens (tertiary/aromatic N) is 4. The average Bonchev–Trinajstić information content (AvgIpc) is 2.76. The van der Waals surface area contributed by atoms with Gasteiger partial charge >= 0.3 is 0 Å². The maximum atomic E-state index is 15.2. The maximum absolute atomic E-state index is 15.2. The van der Waals surface area contributed by atoms with Crippen molar-refractivity contribution >= 4 is 11.6 Å². The van der Waals surface area contributed by atoms with Crippen LogP contribution in [0.3, 0.4) is 0 Å². The Morgan fingerprint density at radius 2 is 1.87 bits per heavy atom. The van der Waals surface area contributed by atoms with Crippen LogP contribution >= 0.6 is 11.6 Å². The number of aromatic nitrogens is 2. The van der Waals surface area contributed by atoms with Crippen LogP contribution in [0.4, 0.5) is 4.39 Å². The summed E-state index contributed by atoms with van der Waals surface area (Å²) in [6.07, 6.45) is 0.0492. The molecule has 0 unspecified atom stereocenters. The molecular formula is C22H16ClFN4O3. The Labute approximate surface area is 182 Å². The first-order chi connectivity index (χ1) is 14.9. The van der Waals surface area contributed by atoms with Crippen LogP contribution in [0.2, 0.25) is 5.02 Å². The lowest BCUT2D eigenvalue weighted by Crippen LogP contribution is -2.27. The van der Waals surface area contributed by atoms with E-state index >= 15 is 4.39 Å². The number of ether oxygens (including phenoxy) is 1. The highest BCUT2D eigenvalue weighted by Gasteiger charge is 2.17. The van der Waals surface area contributed by atoms with Crippen molar-refractivity contribution < 1.29 is 14.2 Å². The van der Waals surface area contributed by atoms with Gasteiger partial charge in [0.2, 0.25) is 0 Å². The van der Waals surface area contributed by atoms with Gasteiger partial charge in [-0.3, -0.25) is 4.79 Å². The van der Waals surface area contributed by atoms with Crippen LogP contribution in [0, 0.1) is 35.4 Å². The zero-order chi connectivity index (χ0) is 22.5. The highest BCUT2D eigenvalue weighted by molar-refractivity contribution is 6.32. The number of hydrogen-bond donors (Lipinski definition) is 1. The van der Waals surface area contributed by atoms with Crippen LogP contribution in [0.1, 0.15) is 27.9 Å². The summed E-state index contributed by atoms with van der Waals surface area (Å²) in [5, 5.41) is 31.5. The molecule has 0 aliphatic heterocycles. The number of hydrogen-bond acceptors (Lipinski definition) is 6. The molecule has 7 nitrogen and oxygen atoms in total. The number of nitriles is 2. The van der Waals surface area contributed by atoms with E-state index in [9.17, 15) is 4.79 Å². The van der Waals surface area contributed by atoms with Crippen molar-refractivity contribution in [2.24, 2.45) is 0 Å². The van der Waals surface area contributed by atoms with E-state index in [1.54, 1.807) is 13.0 Å². The molecule has 0 spiro atoms. The second-order valence-corrected chi connectivity index (χ2v) is 7.08. The smallest absolute Gasteiger partial charge is 0.269 e. The molecule has 1 heterocycles. The minimum Gasteiger partial charge on any atom is -0.453 e. The number of benzene rings is 2. The first-order valence-corrected chi connectivity index (χ1v) is 9.52. The van der Waals surface area contributed by atoms with Crippen molar-refractivity contribution in [2.75, 3.05) is 6.61 Å². The second kappa shape index (κ2) is 9.40. The van der Waals surface area contributed by atoms with E-state index in [4.69, 9.17) is 32.0 Å². The summed E-state index contributed by atoms with van der Waals surface area (Å²) in [5.74, 6) is -0.884. The lowest BCUT2D eigenvalue weighted by atomic mass is 10.1. The number of aliphatic hydroxyl groups excluding tert-OH is 1. The average molecular weight is 439 g/mol. The Bertz CT molecular complexity index is 1260. The van der Waals surface area contributed by atoms with Gasteiger partial charge in [0.15, 0.2) is 11.6 Å². The standard InChI is InChI=1S/C22H16ClFN4O3/c1-13-6-17(27-28(4-5-29)22(13)30)10-16-2-3-19(23)21(20(16)24)31-18-8-14(11-25)7-15(9-18)12-26/h2-3,6-9,29H,4-5,10H2,1H3. The molecule has 1 aromatic heterocycles. The fourth-order valence-electron chi connectivity index (χ4n) is 2.98. The summed E-state index contributed by atoms with van der Waals surface area (Å²) in [5.41, 5.74) is 1.11. The minimum atomic E-state index is -0.729. The first kappa shape index (κ1) is 22.0. The zero-order valence-corrected chi connectivity index (χ0v) is 17.1. The molecule has 1 N–H and O–H groups in total. The maximum Gasteiger partial charge on any atom is 0.269 e. The molecule has 3 aromatic rings. The van der Waals surface area contributed by atoms with E-state index in [0.29, 0.717) is 11.3 Å². The van der Waals surface area contributed by atoms with Crippen LogP contribution in [0.15, 0.2) is 41.2 Å².